The number of hydrogen-bond acceptors (Lipinski definition) is 8. The molecule has 0 spiro atoms. The van der Waals surface area contributed by atoms with E-state index in [-0.39, 0.29) is 29.1 Å². The van der Waals surface area contributed by atoms with Gasteiger partial charge in [-0.15, -0.1) is 0 Å². The number of aromatic nitrogens is 7. The zero-order valence-corrected chi connectivity index (χ0v) is 15.4. The molecule has 0 bridgehead atoms. The fraction of sp³-hybridized carbons (Fsp3) is 0.167. The van der Waals surface area contributed by atoms with Gasteiger partial charge in [0.05, 0.1) is 18.4 Å². The Balaban J connectivity index is 1.64. The Morgan fingerprint density at radius 2 is 2.17 bits per heavy atom. The Hall–Kier alpha value is -4.35. The molecule has 12 nitrogen and oxygen atoms in total. The number of carbonyl (C=O) groups excluding carboxylic acids is 1. The van der Waals surface area contributed by atoms with Gasteiger partial charge in [0, 0.05) is 23.7 Å². The summed E-state index contributed by atoms with van der Waals surface area (Å²) in [5, 5.41) is 17.4. The molecule has 1 aliphatic rings. The normalized spacial score (nSPS) is 15.1. The predicted molar refractivity (Wildman–Crippen MR) is 103 cm³/mol. The maximum Gasteiger partial charge on any atom is 0.326 e. The Labute approximate surface area is 167 Å². The van der Waals surface area contributed by atoms with E-state index in [1.165, 1.54) is 30.9 Å². The summed E-state index contributed by atoms with van der Waals surface area (Å²) in [6.07, 6.45) is 9.29. The maximum absolute atomic E-state index is 12.5. The lowest BCUT2D eigenvalue weighted by atomic mass is 10.3. The van der Waals surface area contributed by atoms with Crippen LogP contribution in [0.3, 0.4) is 0 Å². The quantitative estimate of drug-likeness (QED) is 0.341. The number of nitrogens with zero attached hydrogens (tertiary/aromatic N) is 6. The molecule has 4 heterocycles. The van der Waals surface area contributed by atoms with E-state index in [1.807, 2.05) is 0 Å². The largest absolute Gasteiger partial charge is 0.493 e. The van der Waals surface area contributed by atoms with Crippen molar-refractivity contribution in [1.82, 2.24) is 34.5 Å². The first-order valence-corrected chi connectivity index (χ1v) is 9.10. The van der Waals surface area contributed by atoms with Crippen molar-refractivity contribution in [3.05, 3.63) is 63.4 Å². The van der Waals surface area contributed by atoms with Crippen molar-refractivity contribution < 1.29 is 9.90 Å². The Morgan fingerprint density at radius 3 is 2.87 bits per heavy atom. The van der Waals surface area contributed by atoms with Crippen molar-refractivity contribution in [1.29, 1.82) is 0 Å². The van der Waals surface area contributed by atoms with Crippen molar-refractivity contribution in [3.8, 4) is 5.88 Å². The van der Waals surface area contributed by atoms with Crippen LogP contribution in [-0.2, 0) is 0 Å². The van der Waals surface area contributed by atoms with Gasteiger partial charge in [0.25, 0.3) is 5.91 Å². The predicted octanol–water partition coefficient (Wildman–Crippen LogP) is -0.896. The number of hydrogen-bond donors (Lipinski definition) is 4. The number of imidazole rings is 1. The summed E-state index contributed by atoms with van der Waals surface area (Å²) in [6.45, 7) is 0. The van der Waals surface area contributed by atoms with Crippen LogP contribution in [0.2, 0.25) is 0 Å². The first-order chi connectivity index (χ1) is 14.6. The van der Waals surface area contributed by atoms with E-state index in [9.17, 15) is 14.7 Å². The molecule has 30 heavy (non-hydrogen) atoms. The molecule has 0 atom stereocenters. The van der Waals surface area contributed by atoms with Gasteiger partial charge in [0.15, 0.2) is 11.1 Å². The summed E-state index contributed by atoms with van der Waals surface area (Å²) < 4.78 is 1.55. The summed E-state index contributed by atoms with van der Waals surface area (Å²) in [6, 6.07) is 1.84. The molecule has 4 aromatic rings. The van der Waals surface area contributed by atoms with Crippen molar-refractivity contribution in [2.45, 2.75) is 18.9 Å². The average molecular weight is 405 g/mol. The Bertz CT molecular complexity index is 1430. The van der Waals surface area contributed by atoms with Crippen molar-refractivity contribution in [3.63, 3.8) is 0 Å². The highest BCUT2D eigenvalue weighted by atomic mass is 16.3. The summed E-state index contributed by atoms with van der Waals surface area (Å²) in [5.74, 6) is -0.496. The van der Waals surface area contributed by atoms with E-state index < -0.39 is 11.6 Å². The molecule has 0 aromatic carbocycles. The molecule has 4 N–H and O–H groups in total. The van der Waals surface area contributed by atoms with Crippen LogP contribution in [-0.4, -0.2) is 51.6 Å². The van der Waals surface area contributed by atoms with E-state index in [2.05, 4.69) is 40.3 Å². The van der Waals surface area contributed by atoms with Crippen LogP contribution in [0, 0.1) is 0 Å². The minimum atomic E-state index is -0.537. The van der Waals surface area contributed by atoms with Crippen LogP contribution < -0.4 is 21.7 Å². The van der Waals surface area contributed by atoms with E-state index in [0.717, 1.165) is 12.8 Å². The minimum absolute atomic E-state index is 0.148. The van der Waals surface area contributed by atoms with E-state index in [1.54, 1.807) is 10.6 Å². The van der Waals surface area contributed by atoms with Gasteiger partial charge in [0.2, 0.25) is 5.88 Å². The van der Waals surface area contributed by atoms with Gasteiger partial charge in [0.1, 0.15) is 17.2 Å². The molecule has 5 rings (SSSR count). The molecule has 12 heteroatoms. The van der Waals surface area contributed by atoms with Gasteiger partial charge in [-0.3, -0.25) is 19.8 Å². The first kappa shape index (κ1) is 17.7. The number of nitrogens with one attached hydrogen (secondary N) is 3. The van der Waals surface area contributed by atoms with E-state index >= 15 is 0 Å². The highest BCUT2D eigenvalue weighted by Crippen LogP contribution is 2.22. The highest BCUT2D eigenvalue weighted by molar-refractivity contribution is 6.02. The lowest BCUT2D eigenvalue weighted by Crippen LogP contribution is -2.22. The third-order valence-electron chi connectivity index (χ3n) is 4.41. The molecular weight excluding hydrogens is 390 g/mol. The van der Waals surface area contributed by atoms with Crippen molar-refractivity contribution in [2.24, 2.45) is 4.99 Å². The summed E-state index contributed by atoms with van der Waals surface area (Å²) in [7, 11) is 0. The molecule has 150 valence electrons. The average Bonchev–Trinajstić information content (AvgIpc) is 3.37. The number of amides is 1. The smallest absolute Gasteiger partial charge is 0.326 e. The number of rotatable bonds is 4. The first-order valence-electron chi connectivity index (χ1n) is 9.10. The second-order valence-corrected chi connectivity index (χ2v) is 6.73. The van der Waals surface area contributed by atoms with Crippen LogP contribution >= 0.6 is 0 Å². The van der Waals surface area contributed by atoms with Gasteiger partial charge in [-0.05, 0) is 18.9 Å². The molecule has 0 aliphatic heterocycles. The second-order valence-electron chi connectivity index (χ2n) is 6.73. The SMILES string of the molecule is O=C(Nc1cc(=NC2CC2)n2ncc(=Cc3[nH]c(=O)[nH]c3O)c2n1)c1cnccn1. The third-order valence-corrected chi connectivity index (χ3v) is 4.41. The number of aromatic hydroxyl groups is 1. The minimum Gasteiger partial charge on any atom is -0.493 e. The topological polar surface area (TPSA) is 166 Å². The van der Waals surface area contributed by atoms with E-state index in [0.29, 0.717) is 16.4 Å². The fourth-order valence-electron chi connectivity index (χ4n) is 2.86. The fourth-order valence-corrected chi connectivity index (χ4v) is 2.86. The maximum atomic E-state index is 12.5. The lowest BCUT2D eigenvalue weighted by molar-refractivity contribution is 0.102. The summed E-state index contributed by atoms with van der Waals surface area (Å²) >= 11 is 0. The molecule has 0 saturated heterocycles. The Morgan fingerprint density at radius 1 is 1.30 bits per heavy atom. The number of aromatic amines is 2. The van der Waals surface area contributed by atoms with Crippen LogP contribution in [0.25, 0.3) is 11.7 Å². The molecule has 0 radical (unpaired) electrons. The zero-order valence-electron chi connectivity index (χ0n) is 15.4. The van der Waals surface area contributed by atoms with Crippen molar-refractivity contribution in [2.75, 3.05) is 5.32 Å². The molecule has 1 aliphatic carbocycles. The zero-order chi connectivity index (χ0) is 20.7. The van der Waals surface area contributed by atoms with Crippen LogP contribution in [0.1, 0.15) is 29.0 Å². The lowest BCUT2D eigenvalue weighted by Gasteiger charge is -2.04. The molecule has 4 aromatic heterocycles. The van der Waals surface area contributed by atoms with Crippen LogP contribution in [0.15, 0.2) is 40.6 Å². The molecule has 1 amide bonds. The Kier molecular flexibility index (Phi) is 4.09. The molecule has 0 unspecified atom stereocenters. The van der Waals surface area contributed by atoms with Gasteiger partial charge in [-0.2, -0.15) is 9.61 Å². The standard InChI is InChI=1S/C18H15N9O3/c28-16-11(23-18(30)26-16)5-9-7-21-27-14(22-10-1-2-10)6-13(24-15(9)27)25-17(29)12-8-19-3-4-20-12/h3-8,10,28H,1-2H2,(H,25,29)(H2,23,26,30). The highest BCUT2D eigenvalue weighted by Gasteiger charge is 2.20. The summed E-state index contributed by atoms with van der Waals surface area (Å²) in [4.78, 5) is 45.6. The van der Waals surface area contributed by atoms with Crippen LogP contribution in [0.4, 0.5) is 5.82 Å². The van der Waals surface area contributed by atoms with E-state index in [4.69, 9.17) is 0 Å². The number of fused-ring (bicyclic) bond motifs is 1. The van der Waals surface area contributed by atoms with Gasteiger partial charge in [-0.25, -0.2) is 14.8 Å². The van der Waals surface area contributed by atoms with Crippen LogP contribution in [0.5, 0.6) is 5.88 Å². The van der Waals surface area contributed by atoms with Gasteiger partial charge in [-0.1, -0.05) is 0 Å². The second kappa shape index (κ2) is 6.92. The molecular formula is C18H15N9O3. The number of anilines is 1. The monoisotopic (exact) mass is 405 g/mol. The third kappa shape index (κ3) is 3.41. The van der Waals surface area contributed by atoms with Gasteiger partial charge >= 0.3 is 5.69 Å². The number of carbonyl (C=O) groups is 1. The summed E-state index contributed by atoms with van der Waals surface area (Å²) in [5.41, 5.74) is 0.724. The molecule has 1 fully saturated rings. The van der Waals surface area contributed by atoms with Crippen molar-refractivity contribution >= 4 is 23.4 Å². The molecule has 1 saturated carbocycles. The van der Waals surface area contributed by atoms with Gasteiger partial charge < -0.3 is 15.4 Å². The number of H-pyrrole nitrogens is 2.